The molecule has 21 heavy (non-hydrogen) atoms. The van der Waals surface area contributed by atoms with E-state index in [9.17, 15) is 9.90 Å². The number of thiophene rings is 1. The van der Waals surface area contributed by atoms with Gasteiger partial charge in [0.05, 0.1) is 13.2 Å². The zero-order chi connectivity index (χ0) is 15.4. The van der Waals surface area contributed by atoms with Crippen LogP contribution < -0.4 is 20.7 Å². The van der Waals surface area contributed by atoms with Gasteiger partial charge >= 0.3 is 0 Å². The van der Waals surface area contributed by atoms with Crippen LogP contribution in [0.4, 0.5) is 10.7 Å². The number of nitrogens with two attached hydrogens (primary N) is 1. The molecule has 0 aromatic carbocycles. The number of hydrogen-bond acceptors (Lipinski definition) is 6. The Morgan fingerprint density at radius 3 is 3.10 bits per heavy atom. The normalized spacial score (nSPS) is 18.4. The number of β-amino-alcohol motifs (C(OH)–C–C–N with tert-alkyl or cyclic N) is 1. The fourth-order valence-corrected chi connectivity index (χ4v) is 3.52. The molecule has 2 rings (SSSR count). The highest BCUT2D eigenvalue weighted by molar-refractivity contribution is 7.19. The fraction of sp³-hybridized carbons (Fsp3) is 0.500. The Kier molecular flexibility index (Phi) is 5.08. The van der Waals surface area contributed by atoms with Crippen molar-refractivity contribution in [3.05, 3.63) is 17.5 Å². The Balaban J connectivity index is 2.29. The minimum atomic E-state index is -0.357. The Morgan fingerprint density at radius 2 is 2.48 bits per heavy atom. The SMILES string of the molecule is C=CCNC(=O)c1sc(N2CCCC(O)C2)c(OC)c1N. The summed E-state index contributed by atoms with van der Waals surface area (Å²) in [5.41, 5.74) is 6.38. The number of nitrogens with zero attached hydrogens (tertiary/aromatic N) is 1. The summed E-state index contributed by atoms with van der Waals surface area (Å²) in [6.45, 7) is 5.30. The van der Waals surface area contributed by atoms with Gasteiger partial charge in [-0.3, -0.25) is 4.79 Å². The first-order chi connectivity index (χ1) is 10.1. The van der Waals surface area contributed by atoms with Crippen molar-refractivity contribution in [2.75, 3.05) is 37.4 Å². The quantitative estimate of drug-likeness (QED) is 0.712. The Labute approximate surface area is 128 Å². The second-order valence-electron chi connectivity index (χ2n) is 4.92. The van der Waals surface area contributed by atoms with Crippen molar-refractivity contribution in [3.63, 3.8) is 0 Å². The van der Waals surface area contributed by atoms with Crippen molar-refractivity contribution in [3.8, 4) is 5.75 Å². The van der Waals surface area contributed by atoms with Gasteiger partial charge in [0.1, 0.15) is 15.6 Å². The molecule has 7 heteroatoms. The van der Waals surface area contributed by atoms with Gasteiger partial charge in [-0.1, -0.05) is 6.08 Å². The number of aliphatic hydroxyl groups excluding tert-OH is 1. The summed E-state index contributed by atoms with van der Waals surface area (Å²) in [7, 11) is 1.54. The number of carbonyl (C=O) groups is 1. The van der Waals surface area contributed by atoms with E-state index >= 15 is 0 Å². The second kappa shape index (κ2) is 6.82. The average molecular weight is 311 g/mol. The van der Waals surface area contributed by atoms with E-state index in [0.29, 0.717) is 29.4 Å². The standard InChI is InChI=1S/C14H21N3O3S/c1-3-6-16-13(19)12-10(15)11(20-2)14(21-12)17-7-4-5-9(18)8-17/h3,9,18H,1,4-8,15H2,2H3,(H,16,19). The number of methoxy groups -OCH3 is 1. The third-order valence-corrected chi connectivity index (χ3v) is 4.63. The lowest BCUT2D eigenvalue weighted by Crippen LogP contribution is -2.37. The third kappa shape index (κ3) is 3.30. The summed E-state index contributed by atoms with van der Waals surface area (Å²) in [5, 5.41) is 13.3. The number of nitrogen functional groups attached to an aromatic ring is 1. The second-order valence-corrected chi connectivity index (χ2v) is 5.92. The van der Waals surface area contributed by atoms with E-state index in [-0.39, 0.29) is 12.0 Å². The molecule has 1 aromatic heterocycles. The number of hydrogen-bond donors (Lipinski definition) is 3. The number of piperidine rings is 1. The molecule has 1 saturated heterocycles. The molecule has 1 atom stereocenters. The van der Waals surface area contributed by atoms with E-state index in [1.54, 1.807) is 6.08 Å². The molecule has 1 aliphatic rings. The zero-order valence-corrected chi connectivity index (χ0v) is 12.9. The Hall–Kier alpha value is -1.73. The average Bonchev–Trinajstić information content (AvgIpc) is 2.81. The minimum Gasteiger partial charge on any atom is -0.492 e. The molecule has 0 spiro atoms. The largest absolute Gasteiger partial charge is 0.492 e. The lowest BCUT2D eigenvalue weighted by Gasteiger charge is -2.31. The Morgan fingerprint density at radius 1 is 1.71 bits per heavy atom. The van der Waals surface area contributed by atoms with Crippen LogP contribution in [0.15, 0.2) is 12.7 Å². The Bertz CT molecular complexity index is 530. The van der Waals surface area contributed by atoms with E-state index < -0.39 is 0 Å². The molecule has 2 heterocycles. The van der Waals surface area contributed by atoms with Crippen LogP contribution in [0.2, 0.25) is 0 Å². The molecule has 0 bridgehead atoms. The maximum Gasteiger partial charge on any atom is 0.263 e. The highest BCUT2D eigenvalue weighted by Crippen LogP contribution is 2.45. The van der Waals surface area contributed by atoms with Crippen LogP contribution in [-0.2, 0) is 0 Å². The van der Waals surface area contributed by atoms with Crippen molar-refractivity contribution in [2.45, 2.75) is 18.9 Å². The first-order valence-electron chi connectivity index (χ1n) is 6.86. The van der Waals surface area contributed by atoms with Crippen LogP contribution in [0.5, 0.6) is 5.75 Å². The van der Waals surface area contributed by atoms with Crippen molar-refractivity contribution in [1.82, 2.24) is 5.32 Å². The lowest BCUT2D eigenvalue weighted by atomic mass is 10.1. The van der Waals surface area contributed by atoms with Gasteiger partial charge in [-0.2, -0.15) is 0 Å². The maximum atomic E-state index is 12.1. The molecule has 1 fully saturated rings. The van der Waals surface area contributed by atoms with Gasteiger partial charge in [0.15, 0.2) is 5.75 Å². The molecular formula is C14H21N3O3S. The molecule has 0 aliphatic carbocycles. The summed E-state index contributed by atoms with van der Waals surface area (Å²) in [4.78, 5) is 14.6. The smallest absolute Gasteiger partial charge is 0.263 e. The number of rotatable bonds is 5. The van der Waals surface area contributed by atoms with E-state index in [0.717, 1.165) is 24.4 Å². The summed E-state index contributed by atoms with van der Waals surface area (Å²) < 4.78 is 5.36. The molecule has 0 saturated carbocycles. The van der Waals surface area contributed by atoms with E-state index in [1.165, 1.54) is 18.4 Å². The topological polar surface area (TPSA) is 87.8 Å². The number of amides is 1. The fourth-order valence-electron chi connectivity index (χ4n) is 2.37. The lowest BCUT2D eigenvalue weighted by molar-refractivity contribution is 0.0962. The summed E-state index contributed by atoms with van der Waals surface area (Å²) in [6, 6.07) is 0. The van der Waals surface area contributed by atoms with Crippen LogP contribution in [0.3, 0.4) is 0 Å². The molecular weight excluding hydrogens is 290 g/mol. The number of aliphatic hydroxyl groups is 1. The van der Waals surface area contributed by atoms with Crippen molar-refractivity contribution in [1.29, 1.82) is 0 Å². The van der Waals surface area contributed by atoms with Gasteiger partial charge in [-0.25, -0.2) is 0 Å². The van der Waals surface area contributed by atoms with E-state index in [1.807, 2.05) is 4.90 Å². The van der Waals surface area contributed by atoms with Crippen LogP contribution in [0.1, 0.15) is 22.5 Å². The van der Waals surface area contributed by atoms with Crippen molar-refractivity contribution < 1.29 is 14.6 Å². The zero-order valence-electron chi connectivity index (χ0n) is 12.1. The van der Waals surface area contributed by atoms with Crippen LogP contribution in [0.25, 0.3) is 0 Å². The van der Waals surface area contributed by atoms with E-state index in [4.69, 9.17) is 10.5 Å². The number of ether oxygens (including phenoxy) is 1. The van der Waals surface area contributed by atoms with Crippen LogP contribution in [0, 0.1) is 0 Å². The highest BCUT2D eigenvalue weighted by atomic mass is 32.1. The van der Waals surface area contributed by atoms with Gasteiger partial charge in [0, 0.05) is 19.6 Å². The van der Waals surface area contributed by atoms with Gasteiger partial charge in [-0.05, 0) is 12.8 Å². The molecule has 6 nitrogen and oxygen atoms in total. The molecule has 1 amide bonds. The van der Waals surface area contributed by atoms with Gasteiger partial charge in [0.2, 0.25) is 0 Å². The molecule has 1 unspecified atom stereocenters. The molecule has 1 aliphatic heterocycles. The predicted molar refractivity (Wildman–Crippen MR) is 85.3 cm³/mol. The number of carbonyl (C=O) groups excluding carboxylic acids is 1. The van der Waals surface area contributed by atoms with E-state index in [2.05, 4.69) is 11.9 Å². The van der Waals surface area contributed by atoms with Crippen LogP contribution in [-0.4, -0.2) is 43.9 Å². The first-order valence-corrected chi connectivity index (χ1v) is 7.68. The predicted octanol–water partition coefficient (Wildman–Crippen LogP) is 1.22. The molecule has 116 valence electrons. The monoisotopic (exact) mass is 311 g/mol. The molecule has 1 aromatic rings. The minimum absolute atomic E-state index is 0.237. The van der Waals surface area contributed by atoms with Crippen molar-refractivity contribution in [2.24, 2.45) is 0 Å². The van der Waals surface area contributed by atoms with Gasteiger partial charge in [0.25, 0.3) is 5.91 Å². The first kappa shape index (κ1) is 15.7. The van der Waals surface area contributed by atoms with Gasteiger partial charge < -0.3 is 25.8 Å². The molecule has 0 radical (unpaired) electrons. The number of nitrogens with one attached hydrogen (secondary N) is 1. The van der Waals surface area contributed by atoms with Crippen LogP contribution >= 0.6 is 11.3 Å². The summed E-state index contributed by atoms with van der Waals surface area (Å²) >= 11 is 1.30. The number of anilines is 2. The molecule has 4 N–H and O–H groups in total. The highest BCUT2D eigenvalue weighted by Gasteiger charge is 2.27. The summed E-state index contributed by atoms with van der Waals surface area (Å²) in [5.74, 6) is 0.275. The van der Waals surface area contributed by atoms with Crippen molar-refractivity contribution >= 4 is 27.9 Å². The maximum absolute atomic E-state index is 12.1. The van der Waals surface area contributed by atoms with Gasteiger partial charge in [-0.15, -0.1) is 17.9 Å². The summed E-state index contributed by atoms with van der Waals surface area (Å²) in [6.07, 6.45) is 2.96. The third-order valence-electron chi connectivity index (χ3n) is 3.38.